The zero-order chi connectivity index (χ0) is 19.8. The fraction of sp³-hybridized carbons (Fsp3) is 0.667. The van der Waals surface area contributed by atoms with Crippen molar-refractivity contribution in [2.24, 2.45) is 5.92 Å². The Morgan fingerprint density at radius 2 is 2.22 bits per heavy atom. The second-order valence-electron chi connectivity index (χ2n) is 6.70. The van der Waals surface area contributed by atoms with Crippen molar-refractivity contribution in [3.63, 3.8) is 0 Å². The van der Waals surface area contributed by atoms with Crippen LogP contribution in [0.15, 0.2) is 6.33 Å². The zero-order valence-corrected chi connectivity index (χ0v) is 17.3. The Kier molecular flexibility index (Phi) is 5.99. The highest BCUT2D eigenvalue weighted by molar-refractivity contribution is 8.07. The molecule has 0 spiro atoms. The summed E-state index contributed by atoms with van der Waals surface area (Å²) in [7, 11) is 1.50. The summed E-state index contributed by atoms with van der Waals surface area (Å²) in [6.07, 6.45) is 1.58. The molecule has 3 N–H and O–H groups in total. The Balaban J connectivity index is 1.75. The van der Waals surface area contributed by atoms with Gasteiger partial charge in [0.2, 0.25) is 11.8 Å². The van der Waals surface area contributed by atoms with E-state index in [9.17, 15) is 4.89 Å². The maximum atomic E-state index is 10.1. The van der Waals surface area contributed by atoms with E-state index < -0.39 is 6.72 Å². The minimum Gasteiger partial charge on any atom is -0.479 e. The van der Waals surface area contributed by atoms with Crippen LogP contribution >= 0.6 is 6.72 Å². The molecule has 1 saturated heterocycles. The first kappa shape index (κ1) is 20.4. The number of fused-ring (bicyclic) bond motifs is 1. The van der Waals surface area contributed by atoms with Crippen LogP contribution in [0.25, 0.3) is 11.2 Å². The van der Waals surface area contributed by atoms with Gasteiger partial charge in [-0.1, -0.05) is 6.92 Å². The molecule has 4 atom stereocenters. The minimum absolute atomic E-state index is 0.0958. The molecule has 3 heterocycles. The Labute approximate surface area is 162 Å². The summed E-state index contributed by atoms with van der Waals surface area (Å²) in [6, 6.07) is 0. The zero-order valence-electron chi connectivity index (χ0n) is 15.6. The first-order valence-electron chi connectivity index (χ1n) is 8.55. The lowest BCUT2D eigenvalue weighted by atomic mass is 10.1. The maximum absolute atomic E-state index is 10.1. The van der Waals surface area contributed by atoms with E-state index in [2.05, 4.69) is 21.9 Å². The van der Waals surface area contributed by atoms with Crippen molar-refractivity contribution in [2.45, 2.75) is 45.6 Å². The summed E-state index contributed by atoms with van der Waals surface area (Å²) in [4.78, 5) is 22.7. The molecule has 0 amide bonds. The molecular formula is C15H24N5O5PS. The first-order chi connectivity index (χ1) is 12.7. The monoisotopic (exact) mass is 417 g/mol. The van der Waals surface area contributed by atoms with Gasteiger partial charge >= 0.3 is 6.72 Å². The van der Waals surface area contributed by atoms with Crippen LogP contribution in [0.5, 0.6) is 5.88 Å². The molecule has 2 aromatic heterocycles. The summed E-state index contributed by atoms with van der Waals surface area (Å²) >= 11 is 5.00. The normalized spacial score (nSPS) is 25.2. The van der Waals surface area contributed by atoms with Crippen molar-refractivity contribution in [3.8, 4) is 5.88 Å². The summed E-state index contributed by atoms with van der Waals surface area (Å²) in [5.41, 5.74) is 6.82. The average molecular weight is 417 g/mol. The smallest absolute Gasteiger partial charge is 0.324 e. The number of nitrogen functional groups attached to an aromatic ring is 1. The molecular weight excluding hydrogens is 393 g/mol. The molecule has 12 heteroatoms. The summed E-state index contributed by atoms with van der Waals surface area (Å²) in [6.45, 7) is 2.50. The number of aromatic nitrogens is 4. The number of ether oxygens (including phenoxy) is 2. The van der Waals surface area contributed by atoms with E-state index in [0.29, 0.717) is 17.0 Å². The summed E-state index contributed by atoms with van der Waals surface area (Å²) < 4.78 is 23.8. The molecule has 2 aromatic rings. The van der Waals surface area contributed by atoms with E-state index in [1.165, 1.54) is 7.11 Å². The Bertz CT molecular complexity index is 862. The molecule has 1 aliphatic rings. The van der Waals surface area contributed by atoms with Crippen molar-refractivity contribution >= 4 is 35.6 Å². The van der Waals surface area contributed by atoms with Crippen LogP contribution in [-0.4, -0.2) is 50.3 Å². The molecule has 27 heavy (non-hydrogen) atoms. The van der Waals surface area contributed by atoms with Gasteiger partial charge in [0, 0.05) is 5.92 Å². The molecule has 0 bridgehead atoms. The van der Waals surface area contributed by atoms with Crippen molar-refractivity contribution in [2.75, 3.05) is 19.5 Å². The molecule has 0 aliphatic carbocycles. The van der Waals surface area contributed by atoms with E-state index in [1.54, 1.807) is 24.7 Å². The average Bonchev–Trinajstić information content (AvgIpc) is 3.14. The second-order valence-corrected chi connectivity index (χ2v) is 9.49. The van der Waals surface area contributed by atoms with Crippen LogP contribution in [-0.2, 0) is 25.6 Å². The minimum atomic E-state index is -3.28. The van der Waals surface area contributed by atoms with Crippen LogP contribution in [0.1, 0.15) is 33.4 Å². The fourth-order valence-electron chi connectivity index (χ4n) is 3.07. The van der Waals surface area contributed by atoms with Crippen LogP contribution in [0, 0.1) is 5.92 Å². The van der Waals surface area contributed by atoms with Gasteiger partial charge in [-0.05, 0) is 32.1 Å². The van der Waals surface area contributed by atoms with Crippen molar-refractivity contribution < 1.29 is 23.4 Å². The molecule has 3 rings (SSSR count). The molecule has 10 nitrogen and oxygen atoms in total. The number of nitrogens with zero attached hydrogens (tertiary/aromatic N) is 4. The van der Waals surface area contributed by atoms with Gasteiger partial charge in [0.1, 0.15) is 6.23 Å². The van der Waals surface area contributed by atoms with Crippen molar-refractivity contribution in [3.05, 3.63) is 6.33 Å². The Morgan fingerprint density at radius 3 is 2.89 bits per heavy atom. The van der Waals surface area contributed by atoms with E-state index in [0.717, 1.165) is 6.42 Å². The molecule has 4 unspecified atom stereocenters. The Hall–Kier alpha value is -1.36. The van der Waals surface area contributed by atoms with Crippen molar-refractivity contribution in [1.82, 2.24) is 19.5 Å². The molecule has 150 valence electrons. The number of anilines is 1. The van der Waals surface area contributed by atoms with Crippen LogP contribution < -0.4 is 10.5 Å². The van der Waals surface area contributed by atoms with Gasteiger partial charge < -0.3 is 29.1 Å². The lowest BCUT2D eigenvalue weighted by molar-refractivity contribution is -0.0284. The van der Waals surface area contributed by atoms with Gasteiger partial charge in [0.25, 0.3) is 0 Å². The van der Waals surface area contributed by atoms with E-state index in [4.69, 9.17) is 36.1 Å². The third-order valence-electron chi connectivity index (χ3n) is 4.10. The van der Waals surface area contributed by atoms with Gasteiger partial charge in [-0.15, -0.1) is 0 Å². The standard InChI is InChI=1S/C15H24N5O5PS/c1-8(2)25-26(21,27)23-6-10-5-9(3)14(24-10)20-7-17-11-12(20)18-15(16)19-13(11)22-4/h7-10,14H,5-6H2,1-4H3,(H,21,27)(H2,16,18,19). The van der Waals surface area contributed by atoms with Crippen LogP contribution in [0.2, 0.25) is 0 Å². The number of rotatable bonds is 7. The second kappa shape index (κ2) is 7.94. The predicted octanol–water partition coefficient (Wildman–Crippen LogP) is 2.00. The highest BCUT2D eigenvalue weighted by Gasteiger charge is 2.36. The van der Waals surface area contributed by atoms with Gasteiger partial charge in [-0.2, -0.15) is 9.97 Å². The van der Waals surface area contributed by atoms with Gasteiger partial charge in [0.15, 0.2) is 11.2 Å². The number of nitrogens with two attached hydrogens (primary N) is 1. The third kappa shape index (κ3) is 4.56. The number of methoxy groups -OCH3 is 1. The topological polar surface area (TPSA) is 127 Å². The lowest BCUT2D eigenvalue weighted by Crippen LogP contribution is -2.17. The fourth-order valence-corrected chi connectivity index (χ4v) is 4.72. The molecule has 0 aromatic carbocycles. The first-order valence-corrected chi connectivity index (χ1v) is 11.1. The molecule has 0 radical (unpaired) electrons. The number of imidazole rings is 1. The van der Waals surface area contributed by atoms with E-state index in [1.807, 2.05) is 0 Å². The van der Waals surface area contributed by atoms with Crippen molar-refractivity contribution in [1.29, 1.82) is 0 Å². The number of hydrogen-bond acceptors (Lipinski definition) is 9. The van der Waals surface area contributed by atoms with Gasteiger partial charge in [-0.3, -0.25) is 4.57 Å². The van der Waals surface area contributed by atoms with Crippen LogP contribution in [0.3, 0.4) is 0 Å². The quantitative estimate of drug-likeness (QED) is 0.646. The van der Waals surface area contributed by atoms with Crippen LogP contribution in [0.4, 0.5) is 5.95 Å². The molecule has 1 aliphatic heterocycles. The Morgan fingerprint density at radius 1 is 1.48 bits per heavy atom. The summed E-state index contributed by atoms with van der Waals surface area (Å²) in [5.74, 6) is 0.563. The highest BCUT2D eigenvalue weighted by atomic mass is 32.5. The largest absolute Gasteiger partial charge is 0.479 e. The summed E-state index contributed by atoms with van der Waals surface area (Å²) in [5, 5.41) is 0. The SMILES string of the molecule is COc1nc(N)nc2c1ncn2C1OC(COP(O)(=S)OC(C)C)CC1C. The number of hydrogen-bond donors (Lipinski definition) is 2. The highest BCUT2D eigenvalue weighted by Crippen LogP contribution is 2.46. The lowest BCUT2D eigenvalue weighted by Gasteiger charge is -2.21. The third-order valence-corrected chi connectivity index (χ3v) is 5.83. The molecule has 0 saturated carbocycles. The van der Waals surface area contributed by atoms with E-state index in [-0.39, 0.29) is 36.9 Å². The predicted molar refractivity (Wildman–Crippen MR) is 103 cm³/mol. The van der Waals surface area contributed by atoms with E-state index >= 15 is 0 Å². The van der Waals surface area contributed by atoms with Gasteiger partial charge in [-0.25, -0.2) is 4.98 Å². The van der Waals surface area contributed by atoms with Gasteiger partial charge in [0.05, 0.1) is 32.3 Å². The maximum Gasteiger partial charge on any atom is 0.324 e. The molecule has 1 fully saturated rings.